The lowest BCUT2D eigenvalue weighted by atomic mass is 10.2. The molecule has 0 amide bonds. The largest absolute Gasteiger partial charge is 0.389 e. The average molecular weight is 324 g/mol. The lowest BCUT2D eigenvalue weighted by Gasteiger charge is -2.09. The molecule has 0 aliphatic heterocycles. The van der Waals surface area contributed by atoms with Crippen LogP contribution in [0.15, 0.2) is 29.2 Å². The lowest BCUT2D eigenvalue weighted by Crippen LogP contribution is -2.25. The van der Waals surface area contributed by atoms with Crippen molar-refractivity contribution in [3.8, 4) is 0 Å². The van der Waals surface area contributed by atoms with Crippen LogP contribution in [0.3, 0.4) is 0 Å². The highest BCUT2D eigenvalue weighted by Crippen LogP contribution is 2.22. The Labute approximate surface area is 122 Å². The summed E-state index contributed by atoms with van der Waals surface area (Å²) in [6.07, 6.45) is -5.03. The van der Waals surface area contributed by atoms with Crippen LogP contribution in [0.5, 0.6) is 0 Å². The first-order chi connectivity index (χ1) is 9.74. The minimum absolute atomic E-state index is 0.00529. The highest BCUT2D eigenvalue weighted by Gasteiger charge is 2.25. The fraction of sp³-hybridized carbons (Fsp3) is 0.538. The molecule has 0 bridgehead atoms. The van der Waals surface area contributed by atoms with E-state index in [0.29, 0.717) is 6.54 Å². The van der Waals surface area contributed by atoms with Crippen LogP contribution in [0.1, 0.15) is 24.8 Å². The zero-order chi connectivity index (χ0) is 15.9. The topological polar surface area (TPSA) is 58.2 Å². The number of unbranched alkanes of at least 4 members (excludes halogenated alkanes) is 1. The molecule has 0 saturated heterocycles. The van der Waals surface area contributed by atoms with Crippen molar-refractivity contribution in [1.29, 1.82) is 0 Å². The van der Waals surface area contributed by atoms with Crippen molar-refractivity contribution in [2.24, 2.45) is 0 Å². The highest BCUT2D eigenvalue weighted by molar-refractivity contribution is 7.89. The van der Waals surface area contributed by atoms with Crippen LogP contribution in [0.25, 0.3) is 0 Å². The van der Waals surface area contributed by atoms with Crippen LogP contribution in [0.2, 0.25) is 0 Å². The number of sulfonamides is 1. The predicted octanol–water partition coefficient (Wildman–Crippen LogP) is 2.42. The van der Waals surface area contributed by atoms with Crippen molar-refractivity contribution in [3.63, 3.8) is 0 Å². The summed E-state index contributed by atoms with van der Waals surface area (Å²) in [5.41, 5.74) is 0.817. The molecule has 0 atom stereocenters. The second-order valence-electron chi connectivity index (χ2n) is 4.65. The van der Waals surface area contributed by atoms with E-state index in [2.05, 4.69) is 10.0 Å². The van der Waals surface area contributed by atoms with Crippen molar-refractivity contribution in [2.45, 2.75) is 36.9 Å². The molecule has 2 N–H and O–H groups in total. The minimum Gasteiger partial charge on any atom is -0.316 e. The molecule has 0 fully saturated rings. The van der Waals surface area contributed by atoms with Gasteiger partial charge in [0.05, 0.1) is 4.90 Å². The van der Waals surface area contributed by atoms with E-state index >= 15 is 0 Å². The molecular weight excluding hydrogens is 305 g/mol. The Morgan fingerprint density at radius 3 is 2.52 bits per heavy atom. The maximum absolute atomic E-state index is 12.0. The monoisotopic (exact) mass is 324 g/mol. The molecule has 1 rings (SSSR count). The van der Waals surface area contributed by atoms with Gasteiger partial charge >= 0.3 is 6.18 Å². The van der Waals surface area contributed by atoms with Crippen molar-refractivity contribution in [3.05, 3.63) is 29.8 Å². The van der Waals surface area contributed by atoms with E-state index in [4.69, 9.17) is 0 Å². The van der Waals surface area contributed by atoms with Gasteiger partial charge in [0.25, 0.3) is 0 Å². The molecule has 8 heteroatoms. The molecule has 0 unspecified atom stereocenters. The van der Waals surface area contributed by atoms with E-state index in [-0.39, 0.29) is 24.3 Å². The Hall–Kier alpha value is -1.12. The first-order valence-electron chi connectivity index (χ1n) is 6.54. The third-order valence-corrected chi connectivity index (χ3v) is 4.23. The second-order valence-corrected chi connectivity index (χ2v) is 6.41. The molecule has 0 aliphatic rings. The smallest absolute Gasteiger partial charge is 0.316 e. The van der Waals surface area contributed by atoms with Gasteiger partial charge in [-0.05, 0) is 37.6 Å². The van der Waals surface area contributed by atoms with Gasteiger partial charge in [-0.25, -0.2) is 13.1 Å². The van der Waals surface area contributed by atoms with Crippen LogP contribution in [-0.2, 0) is 16.6 Å². The Kier molecular flexibility index (Phi) is 6.63. The number of nitrogens with one attached hydrogen (secondary N) is 2. The standard InChI is InChI=1S/C13H19F3N2O2S/c1-17-10-11-5-4-6-12(9-11)21(19,20)18-8-3-2-7-13(14,15)16/h4-6,9,17-18H,2-3,7-8,10H2,1H3. The van der Waals surface area contributed by atoms with E-state index in [1.165, 1.54) is 12.1 Å². The van der Waals surface area contributed by atoms with Crippen LogP contribution < -0.4 is 10.0 Å². The van der Waals surface area contributed by atoms with Gasteiger partial charge in [-0.15, -0.1) is 0 Å². The number of alkyl halides is 3. The molecule has 0 heterocycles. The van der Waals surface area contributed by atoms with Crippen molar-refractivity contribution < 1.29 is 21.6 Å². The summed E-state index contributed by atoms with van der Waals surface area (Å²) in [5, 5.41) is 2.91. The third-order valence-electron chi connectivity index (χ3n) is 2.77. The van der Waals surface area contributed by atoms with E-state index in [0.717, 1.165) is 5.56 Å². The molecule has 4 nitrogen and oxygen atoms in total. The fourth-order valence-corrected chi connectivity index (χ4v) is 2.91. The molecule has 1 aromatic carbocycles. The third kappa shape index (κ3) is 6.92. The average Bonchev–Trinajstić information content (AvgIpc) is 2.37. The van der Waals surface area contributed by atoms with E-state index < -0.39 is 22.6 Å². The SMILES string of the molecule is CNCc1cccc(S(=O)(=O)NCCCCC(F)(F)F)c1. The molecule has 0 spiro atoms. The molecule has 0 radical (unpaired) electrons. The zero-order valence-corrected chi connectivity index (χ0v) is 12.5. The molecule has 0 saturated carbocycles. The minimum atomic E-state index is -4.19. The first kappa shape index (κ1) is 17.9. The van der Waals surface area contributed by atoms with Gasteiger partial charge in [0.1, 0.15) is 0 Å². The number of benzene rings is 1. The van der Waals surface area contributed by atoms with Gasteiger partial charge in [0, 0.05) is 19.5 Å². The molecule has 0 aromatic heterocycles. The molecule has 21 heavy (non-hydrogen) atoms. The van der Waals surface area contributed by atoms with Crippen LogP contribution in [-0.4, -0.2) is 28.2 Å². The number of hydrogen-bond donors (Lipinski definition) is 2. The fourth-order valence-electron chi connectivity index (χ4n) is 1.77. The summed E-state index contributed by atoms with van der Waals surface area (Å²) in [4.78, 5) is 0.117. The second kappa shape index (κ2) is 7.77. The van der Waals surface area contributed by atoms with Gasteiger partial charge < -0.3 is 5.32 Å². The molecule has 120 valence electrons. The zero-order valence-electron chi connectivity index (χ0n) is 11.7. The van der Waals surface area contributed by atoms with Crippen molar-refractivity contribution in [2.75, 3.05) is 13.6 Å². The predicted molar refractivity (Wildman–Crippen MR) is 74.3 cm³/mol. The summed E-state index contributed by atoms with van der Waals surface area (Å²) >= 11 is 0. The summed E-state index contributed by atoms with van der Waals surface area (Å²) < 4.78 is 62.2. The highest BCUT2D eigenvalue weighted by atomic mass is 32.2. The maximum Gasteiger partial charge on any atom is 0.389 e. The Morgan fingerprint density at radius 2 is 1.90 bits per heavy atom. The van der Waals surface area contributed by atoms with Gasteiger partial charge in [-0.3, -0.25) is 0 Å². The summed E-state index contributed by atoms with van der Waals surface area (Å²) in [6.45, 7) is 0.531. The van der Waals surface area contributed by atoms with Gasteiger partial charge in [0.2, 0.25) is 10.0 Å². The molecular formula is C13H19F3N2O2S. The first-order valence-corrected chi connectivity index (χ1v) is 8.03. The quantitative estimate of drug-likeness (QED) is 0.722. The number of hydrogen-bond acceptors (Lipinski definition) is 3. The van der Waals surface area contributed by atoms with Crippen LogP contribution >= 0.6 is 0 Å². The van der Waals surface area contributed by atoms with E-state index in [9.17, 15) is 21.6 Å². The Balaban J connectivity index is 2.52. The van der Waals surface area contributed by atoms with Gasteiger partial charge in [-0.2, -0.15) is 13.2 Å². The number of halogens is 3. The van der Waals surface area contributed by atoms with Gasteiger partial charge in [-0.1, -0.05) is 12.1 Å². The maximum atomic E-state index is 12.0. The van der Waals surface area contributed by atoms with Crippen molar-refractivity contribution >= 4 is 10.0 Å². The summed E-state index contributed by atoms with van der Waals surface area (Å²) in [7, 11) is -1.93. The number of rotatable bonds is 8. The normalized spacial score (nSPS) is 12.6. The van der Waals surface area contributed by atoms with Crippen LogP contribution in [0, 0.1) is 0 Å². The van der Waals surface area contributed by atoms with Crippen LogP contribution in [0.4, 0.5) is 13.2 Å². The summed E-state index contributed by atoms with van der Waals surface area (Å²) in [5.74, 6) is 0. The molecule has 1 aromatic rings. The Bertz CT molecular complexity index is 545. The van der Waals surface area contributed by atoms with Crippen molar-refractivity contribution in [1.82, 2.24) is 10.0 Å². The Morgan fingerprint density at radius 1 is 1.19 bits per heavy atom. The summed E-state index contributed by atoms with van der Waals surface area (Å²) in [6, 6.07) is 6.41. The molecule has 0 aliphatic carbocycles. The van der Waals surface area contributed by atoms with E-state index in [1.807, 2.05) is 0 Å². The van der Waals surface area contributed by atoms with E-state index in [1.54, 1.807) is 19.2 Å². The lowest BCUT2D eigenvalue weighted by molar-refractivity contribution is -0.135. The van der Waals surface area contributed by atoms with Gasteiger partial charge in [0.15, 0.2) is 0 Å².